The maximum Gasteiger partial charge on any atom is 0.419 e. The van der Waals surface area contributed by atoms with Crippen LogP contribution in [-0.4, -0.2) is 26.6 Å². The smallest absolute Gasteiger partial charge is 0.326 e. The number of carbonyl (C=O) groups excluding carboxylic acids is 3. The van der Waals surface area contributed by atoms with Crippen LogP contribution in [0.4, 0.5) is 40.8 Å². The van der Waals surface area contributed by atoms with Gasteiger partial charge in [0.15, 0.2) is 5.78 Å². The van der Waals surface area contributed by atoms with Gasteiger partial charge in [-0.1, -0.05) is 23.7 Å². The summed E-state index contributed by atoms with van der Waals surface area (Å²) in [4.78, 5) is 33.6. The molecule has 1 aliphatic carbocycles. The van der Waals surface area contributed by atoms with Crippen molar-refractivity contribution in [3.8, 4) is 0 Å². The van der Waals surface area contributed by atoms with Crippen molar-refractivity contribution in [3.63, 3.8) is 0 Å². The van der Waals surface area contributed by atoms with Gasteiger partial charge in [-0.2, -0.15) is 22.0 Å². The summed E-state index contributed by atoms with van der Waals surface area (Å²) >= 11 is 20.3. The van der Waals surface area contributed by atoms with E-state index in [1.165, 1.54) is 12.1 Å². The van der Waals surface area contributed by atoms with Crippen LogP contribution in [0.25, 0.3) is 0 Å². The molecule has 0 radical (unpaired) electrons. The van der Waals surface area contributed by atoms with Gasteiger partial charge in [0.2, 0.25) is 11.7 Å². The highest BCUT2D eigenvalue weighted by Gasteiger charge is 2.67. The number of Topliss-reactive ketones (excluding diaryl/α,β-unsaturated/α-hetero) is 2. The summed E-state index contributed by atoms with van der Waals surface area (Å²) in [5.41, 5.74) is -3.41. The molecule has 44 heavy (non-hydrogen) atoms. The molecule has 0 spiro atoms. The Kier molecular flexibility index (Phi) is 9.48. The first-order chi connectivity index (χ1) is 20.2. The summed E-state index contributed by atoms with van der Waals surface area (Å²) in [6.07, 6.45) is -7.07. The third kappa shape index (κ3) is 7.05. The molecule has 4 rings (SSSR count). The molecule has 0 heterocycles. The van der Waals surface area contributed by atoms with Gasteiger partial charge in [-0.3, -0.25) is 14.4 Å². The minimum atomic E-state index is -5.02. The van der Waals surface area contributed by atoms with Crippen molar-refractivity contribution >= 4 is 73.9 Å². The summed E-state index contributed by atoms with van der Waals surface area (Å²) in [6.45, 7) is 0. The third-order valence-corrected chi connectivity index (χ3v) is 8.51. The van der Waals surface area contributed by atoms with Crippen LogP contribution in [0.15, 0.2) is 48.5 Å². The molecule has 1 N–H and O–H groups in total. The Hall–Kier alpha value is -2.74. The minimum absolute atomic E-state index is 0.0435. The van der Waals surface area contributed by atoms with E-state index in [1.807, 2.05) is 15.9 Å². The Balaban J connectivity index is 1.53. The third-order valence-electron chi connectivity index (χ3n) is 6.80. The second kappa shape index (κ2) is 12.2. The number of halogens is 12. The monoisotopic (exact) mass is 749 g/mol. The van der Waals surface area contributed by atoms with E-state index >= 15 is 0 Å². The molecule has 0 aromatic heterocycles. The van der Waals surface area contributed by atoms with E-state index in [0.29, 0.717) is 18.2 Å². The highest BCUT2D eigenvalue weighted by molar-refractivity contribution is 9.10. The molecule has 3 aromatic rings. The molecule has 16 heteroatoms. The van der Waals surface area contributed by atoms with Gasteiger partial charge in [-0.25, -0.2) is 13.2 Å². The fourth-order valence-electron chi connectivity index (χ4n) is 4.53. The molecule has 1 amide bonds. The van der Waals surface area contributed by atoms with E-state index < -0.39 is 91.6 Å². The topological polar surface area (TPSA) is 63.2 Å². The fraction of sp³-hybridized carbons (Fsp3) is 0.250. The first-order valence-corrected chi connectivity index (χ1v) is 14.1. The van der Waals surface area contributed by atoms with E-state index in [0.717, 1.165) is 18.2 Å². The van der Waals surface area contributed by atoms with Gasteiger partial charge in [-0.15, -0.1) is 23.2 Å². The predicted octanol–water partition coefficient (Wildman–Crippen LogP) is 8.83. The van der Waals surface area contributed by atoms with E-state index in [9.17, 15) is 49.5 Å². The van der Waals surface area contributed by atoms with Gasteiger partial charge >= 0.3 is 11.0 Å². The minimum Gasteiger partial charge on any atom is -0.326 e. The van der Waals surface area contributed by atoms with Gasteiger partial charge < -0.3 is 5.32 Å². The molecule has 1 saturated carbocycles. The Bertz CT molecular complexity index is 1680. The Morgan fingerprint density at radius 1 is 0.886 bits per heavy atom. The van der Waals surface area contributed by atoms with Crippen molar-refractivity contribution in [2.24, 2.45) is 5.92 Å². The molecule has 0 unspecified atom stereocenters. The van der Waals surface area contributed by atoms with Crippen LogP contribution in [0.1, 0.15) is 38.5 Å². The molecule has 0 saturated heterocycles. The molecule has 1 aliphatic rings. The number of nitrogens with one attached hydrogen (secondary N) is 1. The summed E-state index contributed by atoms with van der Waals surface area (Å²) in [7, 11) is 0. The Labute approximate surface area is 266 Å². The lowest BCUT2D eigenvalue weighted by atomic mass is 9.98. The zero-order chi connectivity index (χ0) is 32.9. The van der Waals surface area contributed by atoms with Crippen molar-refractivity contribution in [1.82, 2.24) is 0 Å². The van der Waals surface area contributed by atoms with Gasteiger partial charge in [-0.05, 0) is 63.5 Å². The molecule has 0 aliphatic heterocycles. The molecular weight excluding hydrogens is 737 g/mol. The van der Waals surface area contributed by atoms with Crippen LogP contribution in [0.2, 0.25) is 5.02 Å². The average Bonchev–Trinajstić information content (AvgIpc) is 3.49. The quantitative estimate of drug-likeness (QED) is 0.135. The maximum atomic E-state index is 15.0. The Morgan fingerprint density at radius 2 is 1.52 bits per heavy atom. The van der Waals surface area contributed by atoms with Crippen molar-refractivity contribution in [2.45, 2.75) is 34.1 Å². The lowest BCUT2D eigenvalue weighted by Gasteiger charge is -2.12. The lowest BCUT2D eigenvalue weighted by molar-refractivity contribution is -0.140. The van der Waals surface area contributed by atoms with Crippen molar-refractivity contribution < 1.29 is 49.5 Å². The Morgan fingerprint density at radius 3 is 2.14 bits per heavy atom. The van der Waals surface area contributed by atoms with Crippen molar-refractivity contribution in [1.29, 1.82) is 0 Å². The van der Waals surface area contributed by atoms with Crippen molar-refractivity contribution in [3.05, 3.63) is 98.8 Å². The second-order valence-corrected chi connectivity index (χ2v) is 12.6. The maximum absolute atomic E-state index is 15.0. The van der Waals surface area contributed by atoms with Crippen LogP contribution in [0.3, 0.4) is 0 Å². The zero-order valence-electron chi connectivity index (χ0n) is 21.4. The molecule has 0 bridgehead atoms. The zero-order valence-corrected chi connectivity index (χ0v) is 25.3. The van der Waals surface area contributed by atoms with Gasteiger partial charge in [0.05, 0.1) is 16.5 Å². The van der Waals surface area contributed by atoms with Gasteiger partial charge in [0.1, 0.15) is 21.8 Å². The number of hydrogen-bond donors (Lipinski definition) is 1. The first-order valence-electron chi connectivity index (χ1n) is 12.2. The molecular formula is C28H15BrCl3F8NO3. The second-order valence-electron chi connectivity index (χ2n) is 9.75. The lowest BCUT2D eigenvalue weighted by Crippen LogP contribution is -2.24. The van der Waals surface area contributed by atoms with Gasteiger partial charge in [0.25, 0.3) is 0 Å². The van der Waals surface area contributed by atoms with E-state index in [1.54, 1.807) is 0 Å². The summed E-state index contributed by atoms with van der Waals surface area (Å²) in [5.74, 6) is -10.2. The van der Waals surface area contributed by atoms with Crippen LogP contribution < -0.4 is 5.32 Å². The van der Waals surface area contributed by atoms with Crippen LogP contribution in [0.5, 0.6) is 0 Å². The summed E-state index contributed by atoms with van der Waals surface area (Å²) in [6, 6.07) is 7.25. The first kappa shape index (κ1) is 34.1. The molecule has 1 fully saturated rings. The highest BCUT2D eigenvalue weighted by atomic mass is 79.9. The van der Waals surface area contributed by atoms with E-state index in [2.05, 4.69) is 5.32 Å². The number of anilines is 1. The number of hydrogen-bond acceptors (Lipinski definition) is 3. The number of ketones is 2. The number of alkyl halides is 8. The highest BCUT2D eigenvalue weighted by Crippen LogP contribution is 2.65. The summed E-state index contributed by atoms with van der Waals surface area (Å²) < 4.78 is 107. The molecule has 234 valence electrons. The van der Waals surface area contributed by atoms with Gasteiger partial charge in [0, 0.05) is 35.6 Å². The SMILES string of the molecule is O=C(Cc1ccc(F)c(CC(=O)C(F)(F)Br)c1F)c1cc(NC(=O)[C@H]2[C@H](c3ccc(F)c(C(F)(F)F)c3)C2(Cl)Cl)ccc1Cl. The van der Waals surface area contributed by atoms with Crippen molar-refractivity contribution in [2.75, 3.05) is 5.32 Å². The number of rotatable bonds is 9. The number of benzene rings is 3. The predicted molar refractivity (Wildman–Crippen MR) is 149 cm³/mol. The number of amides is 1. The van der Waals surface area contributed by atoms with E-state index in [-0.39, 0.29) is 21.8 Å². The fourth-order valence-corrected chi connectivity index (χ4v) is 5.72. The molecule has 3 aromatic carbocycles. The van der Waals surface area contributed by atoms with Crippen LogP contribution in [-0.2, 0) is 28.6 Å². The van der Waals surface area contributed by atoms with Crippen LogP contribution in [0, 0.1) is 23.4 Å². The number of carbonyl (C=O) groups is 3. The average molecular weight is 752 g/mol. The molecule has 2 atom stereocenters. The normalized spacial score (nSPS) is 17.7. The molecule has 4 nitrogen and oxygen atoms in total. The van der Waals surface area contributed by atoms with Crippen LogP contribution >= 0.6 is 50.7 Å². The largest absolute Gasteiger partial charge is 0.419 e. The van der Waals surface area contributed by atoms with E-state index in [4.69, 9.17) is 34.8 Å². The standard InChI is InChI=1S/C28H15BrCl3F8NO3/c29-27(36,37)21(43)10-15-18(33)5-2-12(24(15)35)8-20(42)14-9-13(3-4-17(14)30)41-25(44)23-22(26(23,31)32)11-1-6-19(34)16(7-11)28(38,39)40/h1-7,9,22-23H,8,10H2,(H,41,44)/t22-,23+/m0/s1. The summed E-state index contributed by atoms with van der Waals surface area (Å²) in [5, 5.41) is 2.26.